The van der Waals surface area contributed by atoms with E-state index in [1.807, 2.05) is 0 Å². The lowest BCUT2D eigenvalue weighted by Gasteiger charge is -2.30. The van der Waals surface area contributed by atoms with Crippen molar-refractivity contribution >= 4 is 41.8 Å². The van der Waals surface area contributed by atoms with E-state index in [-0.39, 0.29) is 6.42 Å². The first-order valence-electron chi connectivity index (χ1n) is 8.89. The van der Waals surface area contributed by atoms with Crippen molar-refractivity contribution in [3.05, 3.63) is 11.1 Å². The Bertz CT molecular complexity index is 830. The molecule has 0 heterocycles. The molecule has 0 saturated carbocycles. The van der Waals surface area contributed by atoms with Crippen LogP contribution in [0.25, 0.3) is 0 Å². The first-order valence-corrected chi connectivity index (χ1v) is 8.89. The highest BCUT2D eigenvalue weighted by atomic mass is 16.4. The number of hydrogen-bond acceptors (Lipinski definition) is 7. The third kappa shape index (κ3) is 4.68. The topological polar surface area (TPSA) is 261 Å². The molecule has 0 aliphatic heterocycles. The Hall–Kier alpha value is -3.97. The monoisotopic (exact) mass is 462 g/mol. The van der Waals surface area contributed by atoms with Gasteiger partial charge in [0.2, 0.25) is 0 Å². The molecular weight excluding hydrogens is 440 g/mol. The molecule has 32 heavy (non-hydrogen) atoms. The van der Waals surface area contributed by atoms with Crippen molar-refractivity contribution in [3.63, 3.8) is 0 Å². The highest BCUT2D eigenvalue weighted by molar-refractivity contribution is 6.18. The Labute approximate surface area is 179 Å². The van der Waals surface area contributed by atoms with E-state index in [1.54, 1.807) is 0 Å². The maximum absolute atomic E-state index is 11.1. The van der Waals surface area contributed by atoms with Gasteiger partial charge in [0.25, 0.3) is 5.41 Å². The number of carboxylic acids is 7. The van der Waals surface area contributed by atoms with Crippen LogP contribution in [0.5, 0.6) is 0 Å². The lowest BCUT2D eigenvalue weighted by Crippen LogP contribution is -2.54. The average molecular weight is 462 g/mol. The van der Waals surface area contributed by atoms with Crippen molar-refractivity contribution < 1.29 is 69.3 Å². The van der Waals surface area contributed by atoms with Crippen LogP contribution in [0.15, 0.2) is 11.1 Å². The Morgan fingerprint density at radius 1 is 0.844 bits per heavy atom. The molecule has 0 amide bonds. The lowest BCUT2D eigenvalue weighted by atomic mass is 9.70. The molecule has 0 spiro atoms. The average Bonchev–Trinajstić information content (AvgIpc) is 2.63. The van der Waals surface area contributed by atoms with Crippen LogP contribution < -0.4 is 0 Å². The maximum Gasteiger partial charge on any atom is 0.333 e. The van der Waals surface area contributed by atoms with Crippen molar-refractivity contribution in [1.82, 2.24) is 0 Å². The van der Waals surface area contributed by atoms with Gasteiger partial charge in [-0.05, 0) is 32.6 Å². The zero-order valence-corrected chi connectivity index (χ0v) is 16.9. The van der Waals surface area contributed by atoms with Gasteiger partial charge in [-0.25, -0.2) is 4.79 Å². The largest absolute Gasteiger partial charge is 0.481 e. The van der Waals surface area contributed by atoms with Crippen molar-refractivity contribution in [2.24, 2.45) is 16.7 Å². The number of allylic oxidation sites excluding steroid dienone is 1. The van der Waals surface area contributed by atoms with Gasteiger partial charge < -0.3 is 35.7 Å². The van der Waals surface area contributed by atoms with Crippen LogP contribution in [0, 0.1) is 16.7 Å². The minimum absolute atomic E-state index is 0.184. The summed E-state index contributed by atoms with van der Waals surface area (Å²) in [6.07, 6.45) is 0.169. The van der Waals surface area contributed by atoms with Gasteiger partial charge >= 0.3 is 41.8 Å². The van der Waals surface area contributed by atoms with Crippen LogP contribution in [0.1, 0.15) is 39.5 Å². The molecule has 1 aliphatic carbocycles. The highest BCUT2D eigenvalue weighted by Crippen LogP contribution is 2.41. The number of carboxylic acid groups (broad SMARTS) is 7. The van der Waals surface area contributed by atoms with Gasteiger partial charge in [-0.2, -0.15) is 0 Å². The summed E-state index contributed by atoms with van der Waals surface area (Å²) in [5.41, 5.74) is -5.84. The molecule has 178 valence electrons. The predicted octanol–water partition coefficient (Wildman–Crippen LogP) is 0.0644. The third-order valence-corrected chi connectivity index (χ3v) is 5.14. The van der Waals surface area contributed by atoms with Gasteiger partial charge in [0.1, 0.15) is 0 Å². The van der Waals surface area contributed by atoms with Gasteiger partial charge in [0.15, 0.2) is 5.41 Å². The number of rotatable bonds is 9. The standard InChI is InChI=1S/C10H12O6.C8H10O8/c1-5-3-2-4-10(8(13)14,9(15)16)6(5)7(11)12;1-2-3(4(9)10)8(5(11)12,6(13)14)7(15)16/h2-4H2,1H3,(H,11,12)(H,13,14)(H,15,16);3H,2H2,1H3,(H,9,10)(H,11,12)(H,13,14)(H,15,16). The summed E-state index contributed by atoms with van der Waals surface area (Å²) in [5, 5.41) is 61.7. The predicted molar refractivity (Wildman–Crippen MR) is 98.6 cm³/mol. The van der Waals surface area contributed by atoms with Crippen LogP contribution in [0.3, 0.4) is 0 Å². The molecule has 14 nitrogen and oxygen atoms in total. The fourth-order valence-electron chi connectivity index (χ4n) is 3.50. The van der Waals surface area contributed by atoms with Gasteiger partial charge in [-0.3, -0.25) is 28.8 Å². The summed E-state index contributed by atoms with van der Waals surface area (Å²) in [6, 6.07) is 0. The molecule has 0 bridgehead atoms. The smallest absolute Gasteiger partial charge is 0.333 e. The summed E-state index contributed by atoms with van der Waals surface area (Å²) in [4.78, 5) is 76.3. The second-order valence-corrected chi connectivity index (χ2v) is 6.85. The molecule has 1 atom stereocenters. The first kappa shape index (κ1) is 28.0. The zero-order chi connectivity index (χ0) is 25.6. The SMILES string of the molecule is CC1=C(C(=O)O)C(C(=O)O)(C(=O)O)CCC1.CCC(C(=O)O)C(C(=O)O)(C(=O)O)C(=O)O. The molecule has 7 N–H and O–H groups in total. The van der Waals surface area contributed by atoms with Gasteiger partial charge in [-0.1, -0.05) is 12.5 Å². The molecule has 0 aromatic rings. The van der Waals surface area contributed by atoms with Crippen LogP contribution >= 0.6 is 0 Å². The maximum atomic E-state index is 11.1. The van der Waals surface area contributed by atoms with Crippen LogP contribution in [-0.4, -0.2) is 77.5 Å². The quantitative estimate of drug-likeness (QED) is 0.223. The Kier molecular flexibility index (Phi) is 9.08. The normalized spacial score (nSPS) is 16.1. The lowest BCUT2D eigenvalue weighted by molar-refractivity contribution is -0.185. The van der Waals surface area contributed by atoms with E-state index in [1.165, 1.54) is 13.8 Å². The van der Waals surface area contributed by atoms with E-state index in [2.05, 4.69) is 0 Å². The molecule has 0 radical (unpaired) electrons. The molecule has 1 aliphatic rings. The Morgan fingerprint density at radius 3 is 1.44 bits per heavy atom. The second-order valence-electron chi connectivity index (χ2n) is 6.85. The van der Waals surface area contributed by atoms with E-state index >= 15 is 0 Å². The second kappa shape index (κ2) is 10.4. The van der Waals surface area contributed by atoms with Crippen LogP contribution in [-0.2, 0) is 33.6 Å². The van der Waals surface area contributed by atoms with E-state index in [0.717, 1.165) is 0 Å². The molecular formula is C18H22O14. The fraction of sp³-hybridized carbons (Fsp3) is 0.500. The third-order valence-electron chi connectivity index (χ3n) is 5.14. The van der Waals surface area contributed by atoms with Crippen LogP contribution in [0.2, 0.25) is 0 Å². The number of aliphatic carboxylic acids is 7. The van der Waals surface area contributed by atoms with E-state index < -0.39 is 70.5 Å². The van der Waals surface area contributed by atoms with Gasteiger partial charge in [-0.15, -0.1) is 0 Å². The molecule has 1 rings (SSSR count). The van der Waals surface area contributed by atoms with Crippen molar-refractivity contribution in [3.8, 4) is 0 Å². The van der Waals surface area contributed by atoms with Gasteiger partial charge in [0, 0.05) is 0 Å². The van der Waals surface area contributed by atoms with E-state index in [0.29, 0.717) is 18.4 Å². The number of carbonyl (C=O) groups is 7. The van der Waals surface area contributed by atoms with Crippen LogP contribution in [0.4, 0.5) is 0 Å². The van der Waals surface area contributed by atoms with E-state index in [9.17, 15) is 33.6 Å². The minimum atomic E-state index is -3.36. The summed E-state index contributed by atoms with van der Waals surface area (Å²) < 4.78 is 0. The summed E-state index contributed by atoms with van der Waals surface area (Å²) in [5.74, 6) is -15.1. The van der Waals surface area contributed by atoms with E-state index in [4.69, 9.17) is 35.7 Å². The Balaban J connectivity index is 0.000000601. The van der Waals surface area contributed by atoms with Crippen molar-refractivity contribution in [2.45, 2.75) is 39.5 Å². The molecule has 1 unspecified atom stereocenters. The zero-order valence-electron chi connectivity index (χ0n) is 16.9. The van der Waals surface area contributed by atoms with Gasteiger partial charge in [0.05, 0.1) is 11.5 Å². The number of hydrogen-bond donors (Lipinski definition) is 7. The highest BCUT2D eigenvalue weighted by Gasteiger charge is 2.62. The van der Waals surface area contributed by atoms with Crippen molar-refractivity contribution in [1.29, 1.82) is 0 Å². The molecule has 0 saturated heterocycles. The summed E-state index contributed by atoms with van der Waals surface area (Å²) in [7, 11) is 0. The fourth-order valence-corrected chi connectivity index (χ4v) is 3.50. The Morgan fingerprint density at radius 2 is 1.25 bits per heavy atom. The summed E-state index contributed by atoms with van der Waals surface area (Å²) >= 11 is 0. The summed E-state index contributed by atoms with van der Waals surface area (Å²) in [6.45, 7) is 2.66. The molecule has 0 aromatic heterocycles. The molecule has 0 fully saturated rings. The first-order chi connectivity index (χ1) is 14.6. The molecule has 0 aromatic carbocycles. The van der Waals surface area contributed by atoms with Crippen molar-refractivity contribution in [2.75, 3.05) is 0 Å². The molecule has 14 heteroatoms. The minimum Gasteiger partial charge on any atom is -0.481 e.